The summed E-state index contributed by atoms with van der Waals surface area (Å²) in [6, 6.07) is 15.8. The molecule has 1 fully saturated rings. The molecule has 2 aromatic carbocycles. The molecule has 0 atom stereocenters. The average molecular weight is 348 g/mol. The van der Waals surface area contributed by atoms with Gasteiger partial charge in [-0.3, -0.25) is 9.36 Å². The monoisotopic (exact) mass is 348 g/mol. The molecule has 1 heterocycles. The molecule has 1 aliphatic rings. The molecule has 26 heavy (non-hydrogen) atoms. The molecule has 1 aromatic heterocycles. The van der Waals surface area contributed by atoms with Gasteiger partial charge in [-0.05, 0) is 44.0 Å². The number of hydrogen-bond donors (Lipinski definition) is 0. The van der Waals surface area contributed by atoms with Gasteiger partial charge in [-0.15, -0.1) is 0 Å². The second-order valence-electron chi connectivity index (χ2n) is 6.88. The molecule has 4 rings (SSSR count). The van der Waals surface area contributed by atoms with Crippen molar-refractivity contribution in [3.8, 4) is 17.1 Å². The van der Waals surface area contributed by atoms with E-state index < -0.39 is 0 Å². The Bertz CT molecular complexity index is 971. The highest BCUT2D eigenvalue weighted by Gasteiger charge is 2.22. The molecule has 1 aliphatic carbocycles. The molecule has 3 aromatic rings. The van der Waals surface area contributed by atoms with E-state index in [9.17, 15) is 4.79 Å². The van der Waals surface area contributed by atoms with Crippen molar-refractivity contribution in [1.29, 1.82) is 0 Å². The largest absolute Gasteiger partial charge is 0.494 e. The maximum absolute atomic E-state index is 13.3. The second kappa shape index (κ2) is 7.32. The lowest BCUT2D eigenvalue weighted by molar-refractivity contribution is 0.339. The standard InChI is InChI=1S/C22H24N2O2/c1-2-26-18-12-8-9-16(15-18)21-23-20-14-7-6-13-19(20)22(25)24(21)17-10-4-3-5-11-17/h6-9,12-15,17H,2-5,10-11H2,1H3. The summed E-state index contributed by atoms with van der Waals surface area (Å²) in [7, 11) is 0. The zero-order valence-corrected chi connectivity index (χ0v) is 15.1. The average Bonchev–Trinajstić information content (AvgIpc) is 2.69. The van der Waals surface area contributed by atoms with Gasteiger partial charge in [0.1, 0.15) is 11.6 Å². The molecule has 0 bridgehead atoms. The van der Waals surface area contributed by atoms with Crippen molar-refractivity contribution in [2.75, 3.05) is 6.61 Å². The van der Waals surface area contributed by atoms with Crippen LogP contribution in [0.3, 0.4) is 0 Å². The molecular formula is C22H24N2O2. The topological polar surface area (TPSA) is 44.1 Å². The minimum absolute atomic E-state index is 0.0688. The van der Waals surface area contributed by atoms with Crippen LogP contribution in [0.15, 0.2) is 53.3 Å². The highest BCUT2D eigenvalue weighted by Crippen LogP contribution is 2.32. The summed E-state index contributed by atoms with van der Waals surface area (Å²) in [6.45, 7) is 2.59. The predicted molar refractivity (Wildman–Crippen MR) is 105 cm³/mol. The van der Waals surface area contributed by atoms with Crippen molar-refractivity contribution in [3.05, 3.63) is 58.9 Å². The number of aromatic nitrogens is 2. The Kier molecular flexibility index (Phi) is 4.74. The normalized spacial score (nSPS) is 15.3. The van der Waals surface area contributed by atoms with Crippen molar-refractivity contribution in [1.82, 2.24) is 9.55 Å². The molecule has 0 spiro atoms. The van der Waals surface area contributed by atoms with Crippen LogP contribution >= 0.6 is 0 Å². The summed E-state index contributed by atoms with van der Waals surface area (Å²) in [5.74, 6) is 1.56. The number of nitrogens with zero attached hydrogens (tertiary/aromatic N) is 2. The van der Waals surface area contributed by atoms with Gasteiger partial charge >= 0.3 is 0 Å². The van der Waals surface area contributed by atoms with E-state index in [1.54, 1.807) is 0 Å². The number of rotatable bonds is 4. The maximum atomic E-state index is 13.3. The molecule has 0 N–H and O–H groups in total. The van der Waals surface area contributed by atoms with Gasteiger partial charge < -0.3 is 4.74 Å². The van der Waals surface area contributed by atoms with Crippen molar-refractivity contribution in [3.63, 3.8) is 0 Å². The number of hydrogen-bond acceptors (Lipinski definition) is 3. The van der Waals surface area contributed by atoms with Crippen LogP contribution in [0.4, 0.5) is 0 Å². The molecular weight excluding hydrogens is 324 g/mol. The number of benzene rings is 2. The van der Waals surface area contributed by atoms with Crippen LogP contribution in [-0.4, -0.2) is 16.2 Å². The minimum Gasteiger partial charge on any atom is -0.494 e. The zero-order chi connectivity index (χ0) is 17.9. The fourth-order valence-corrected chi connectivity index (χ4v) is 3.92. The van der Waals surface area contributed by atoms with E-state index in [0.29, 0.717) is 12.0 Å². The summed E-state index contributed by atoms with van der Waals surface area (Å²) in [4.78, 5) is 18.2. The van der Waals surface area contributed by atoms with Crippen molar-refractivity contribution in [2.24, 2.45) is 0 Å². The highest BCUT2D eigenvalue weighted by molar-refractivity contribution is 5.79. The Hall–Kier alpha value is -2.62. The van der Waals surface area contributed by atoms with E-state index >= 15 is 0 Å². The van der Waals surface area contributed by atoms with E-state index in [2.05, 4.69) is 0 Å². The Morgan fingerprint density at radius 2 is 1.88 bits per heavy atom. The summed E-state index contributed by atoms with van der Waals surface area (Å²) in [6.07, 6.45) is 5.67. The number of ether oxygens (including phenoxy) is 1. The third-order valence-corrected chi connectivity index (χ3v) is 5.15. The first kappa shape index (κ1) is 16.8. The van der Waals surface area contributed by atoms with Crippen LogP contribution in [-0.2, 0) is 0 Å². The van der Waals surface area contributed by atoms with Gasteiger partial charge in [0.2, 0.25) is 0 Å². The van der Waals surface area contributed by atoms with E-state index in [1.165, 1.54) is 19.3 Å². The fraction of sp³-hybridized carbons (Fsp3) is 0.364. The van der Waals surface area contributed by atoms with Gasteiger partial charge in [-0.25, -0.2) is 4.98 Å². The second-order valence-corrected chi connectivity index (χ2v) is 6.88. The fourth-order valence-electron chi connectivity index (χ4n) is 3.92. The molecule has 0 radical (unpaired) electrons. The van der Waals surface area contributed by atoms with Crippen LogP contribution in [0.1, 0.15) is 45.1 Å². The Morgan fingerprint density at radius 3 is 2.69 bits per heavy atom. The van der Waals surface area contributed by atoms with Gasteiger partial charge in [-0.1, -0.05) is 43.5 Å². The van der Waals surface area contributed by atoms with Gasteiger partial charge in [0.05, 0.1) is 17.5 Å². The predicted octanol–water partition coefficient (Wildman–Crippen LogP) is 4.97. The van der Waals surface area contributed by atoms with Gasteiger partial charge in [0, 0.05) is 11.6 Å². The van der Waals surface area contributed by atoms with Crippen LogP contribution in [0, 0.1) is 0 Å². The molecule has 4 nitrogen and oxygen atoms in total. The first-order chi connectivity index (χ1) is 12.8. The number of para-hydroxylation sites is 1. The van der Waals surface area contributed by atoms with Crippen LogP contribution in [0.25, 0.3) is 22.3 Å². The summed E-state index contributed by atoms with van der Waals surface area (Å²) in [5.41, 5.74) is 1.75. The van der Waals surface area contributed by atoms with Gasteiger partial charge in [-0.2, -0.15) is 0 Å². The molecule has 0 amide bonds. The summed E-state index contributed by atoms with van der Waals surface area (Å²) < 4.78 is 7.59. The third kappa shape index (κ3) is 3.12. The van der Waals surface area contributed by atoms with Crippen LogP contribution < -0.4 is 10.3 Å². The first-order valence-corrected chi connectivity index (χ1v) is 9.52. The van der Waals surface area contributed by atoms with Crippen LogP contribution in [0.2, 0.25) is 0 Å². The SMILES string of the molecule is CCOc1cccc(-c2nc3ccccc3c(=O)n2C2CCCCC2)c1. The van der Waals surface area contributed by atoms with Crippen LogP contribution in [0.5, 0.6) is 5.75 Å². The van der Waals surface area contributed by atoms with E-state index in [4.69, 9.17) is 9.72 Å². The van der Waals surface area contributed by atoms with Crippen molar-refractivity contribution < 1.29 is 4.74 Å². The number of fused-ring (bicyclic) bond motifs is 1. The lowest BCUT2D eigenvalue weighted by Gasteiger charge is -2.26. The Morgan fingerprint density at radius 1 is 1.08 bits per heavy atom. The zero-order valence-electron chi connectivity index (χ0n) is 15.1. The van der Waals surface area contributed by atoms with E-state index in [0.717, 1.165) is 35.5 Å². The quantitative estimate of drug-likeness (QED) is 0.669. The lowest BCUT2D eigenvalue weighted by atomic mass is 9.94. The smallest absolute Gasteiger partial charge is 0.261 e. The Labute approximate surface area is 153 Å². The Balaban J connectivity index is 1.94. The molecule has 4 heteroatoms. The molecule has 0 saturated heterocycles. The molecule has 0 aliphatic heterocycles. The van der Waals surface area contributed by atoms with Crippen molar-refractivity contribution >= 4 is 10.9 Å². The van der Waals surface area contributed by atoms with Crippen molar-refractivity contribution in [2.45, 2.75) is 45.1 Å². The third-order valence-electron chi connectivity index (χ3n) is 5.15. The lowest BCUT2D eigenvalue weighted by Crippen LogP contribution is -2.29. The highest BCUT2D eigenvalue weighted by atomic mass is 16.5. The molecule has 134 valence electrons. The van der Waals surface area contributed by atoms with Gasteiger partial charge in [0.25, 0.3) is 5.56 Å². The first-order valence-electron chi connectivity index (χ1n) is 9.52. The molecule has 0 unspecified atom stereocenters. The van der Waals surface area contributed by atoms with E-state index in [-0.39, 0.29) is 11.6 Å². The summed E-state index contributed by atoms with van der Waals surface area (Å²) in [5, 5.41) is 0.697. The van der Waals surface area contributed by atoms with E-state index in [1.807, 2.05) is 60.0 Å². The maximum Gasteiger partial charge on any atom is 0.261 e. The molecule has 1 saturated carbocycles. The minimum atomic E-state index is 0.0688. The van der Waals surface area contributed by atoms with Gasteiger partial charge in [0.15, 0.2) is 0 Å². The summed E-state index contributed by atoms with van der Waals surface area (Å²) >= 11 is 0.